The Kier molecular flexibility index (Phi) is 9.03. The molecule has 0 fully saturated rings. The highest BCUT2D eigenvalue weighted by Crippen LogP contribution is 1.58. The van der Waals surface area contributed by atoms with Crippen LogP contribution in [-0.4, -0.2) is 22.9 Å². The second-order valence-corrected chi connectivity index (χ2v) is 1.30. The Morgan fingerprint density at radius 3 is 1.10 bits per heavy atom. The van der Waals surface area contributed by atoms with Gasteiger partial charge in [-0.2, -0.15) is 0 Å². The molecule has 6 heteroatoms. The molecule has 0 rings (SSSR count). The zero-order chi connectivity index (χ0) is 8.57. The first kappa shape index (κ1) is 11.6. The van der Waals surface area contributed by atoms with Crippen molar-refractivity contribution in [3.05, 3.63) is 20.2 Å². The van der Waals surface area contributed by atoms with Crippen LogP contribution in [0.15, 0.2) is 0 Å². The monoisotopic (exact) mass is 150 g/mol. The molecule has 0 spiro atoms. The van der Waals surface area contributed by atoms with Crippen LogP contribution >= 0.6 is 0 Å². The minimum absolute atomic E-state index is 0.0278. The van der Waals surface area contributed by atoms with Gasteiger partial charge in [0.05, 0.1) is 0 Å². The summed E-state index contributed by atoms with van der Waals surface area (Å²) >= 11 is 0. The highest BCUT2D eigenvalue weighted by Gasteiger charge is 1.77. The van der Waals surface area contributed by atoms with Crippen molar-refractivity contribution in [2.75, 3.05) is 13.1 Å². The summed E-state index contributed by atoms with van der Waals surface area (Å²) in [5, 5.41) is 18.3. The minimum atomic E-state index is -0.375. The number of hydrogen-bond donors (Lipinski definition) is 0. The van der Waals surface area contributed by atoms with Crippen LogP contribution in [0.4, 0.5) is 0 Å². The lowest BCUT2D eigenvalue weighted by atomic mass is 10.8. The Labute approximate surface area is 58.1 Å². The van der Waals surface area contributed by atoms with Gasteiger partial charge in [-0.25, -0.2) is 0 Å². The number of rotatable bonds is 2. The lowest BCUT2D eigenvalue weighted by Crippen LogP contribution is -1.92. The van der Waals surface area contributed by atoms with E-state index in [0.717, 1.165) is 0 Å². The molecule has 6 nitrogen and oxygen atoms in total. The second kappa shape index (κ2) is 7.80. The molecule has 0 aromatic rings. The predicted molar refractivity (Wildman–Crippen MR) is 35.1 cm³/mol. The van der Waals surface area contributed by atoms with Crippen LogP contribution < -0.4 is 0 Å². The SMILES string of the molecule is CC[N+](=O)[O-].CC[N+](=O)[O-]. The number of nitrogens with zero attached hydrogens (tertiary/aromatic N) is 2. The zero-order valence-corrected chi connectivity index (χ0v) is 5.94. The van der Waals surface area contributed by atoms with Gasteiger partial charge < -0.3 is 0 Å². The summed E-state index contributed by atoms with van der Waals surface area (Å²) in [6, 6.07) is 0. The van der Waals surface area contributed by atoms with Crippen LogP contribution in [-0.2, 0) is 0 Å². The second-order valence-electron chi connectivity index (χ2n) is 1.30. The predicted octanol–water partition coefficient (Wildman–Crippen LogP) is 0.566. The molecule has 0 aromatic carbocycles. The first-order chi connectivity index (χ1) is 4.54. The smallest absolute Gasteiger partial charge is 0.201 e. The van der Waals surface area contributed by atoms with Crippen LogP contribution in [0, 0.1) is 20.2 Å². The molecule has 0 bridgehead atoms. The topological polar surface area (TPSA) is 86.3 Å². The van der Waals surface area contributed by atoms with Crippen molar-refractivity contribution >= 4 is 0 Å². The molecule has 0 aliphatic rings. The summed E-state index contributed by atoms with van der Waals surface area (Å²) in [5.74, 6) is 0. The van der Waals surface area contributed by atoms with Gasteiger partial charge in [-0.05, 0) is 0 Å². The van der Waals surface area contributed by atoms with Gasteiger partial charge in [0, 0.05) is 23.7 Å². The normalized spacial score (nSPS) is 7.40. The molecule has 0 aliphatic heterocycles. The van der Waals surface area contributed by atoms with E-state index in [1.807, 2.05) is 0 Å². The molecule has 0 N–H and O–H groups in total. The van der Waals surface area contributed by atoms with Crippen LogP contribution in [0.5, 0.6) is 0 Å². The van der Waals surface area contributed by atoms with Crippen LogP contribution in [0.25, 0.3) is 0 Å². The molecule has 60 valence electrons. The zero-order valence-electron chi connectivity index (χ0n) is 5.94. The standard InChI is InChI=1S/2C2H5NO2/c2*1-2-3(4)5/h2*2H2,1H3. The fourth-order valence-electron chi connectivity index (χ4n) is 0. The maximum atomic E-state index is 9.17. The molecule has 0 unspecified atom stereocenters. The quantitative estimate of drug-likeness (QED) is 0.425. The molecule has 0 heterocycles. The summed E-state index contributed by atoms with van der Waals surface area (Å²) in [4.78, 5) is 17.6. The molecule has 0 radical (unpaired) electrons. The summed E-state index contributed by atoms with van der Waals surface area (Å²) < 4.78 is 0. The van der Waals surface area contributed by atoms with Gasteiger partial charge in [0.15, 0.2) is 0 Å². The third-order valence-electron chi connectivity index (χ3n) is 0.516. The van der Waals surface area contributed by atoms with Crippen molar-refractivity contribution < 1.29 is 9.85 Å². The van der Waals surface area contributed by atoms with E-state index < -0.39 is 0 Å². The van der Waals surface area contributed by atoms with E-state index in [0.29, 0.717) is 0 Å². The molecular formula is C4H10N2O4. The highest BCUT2D eigenvalue weighted by atomic mass is 16.6. The van der Waals surface area contributed by atoms with Crippen molar-refractivity contribution in [1.82, 2.24) is 0 Å². The first-order valence-corrected chi connectivity index (χ1v) is 2.78. The van der Waals surface area contributed by atoms with E-state index in [4.69, 9.17) is 0 Å². The lowest BCUT2D eigenvalue weighted by molar-refractivity contribution is -0.475. The largest absolute Gasteiger partial charge is 0.265 e. The van der Waals surface area contributed by atoms with E-state index in [9.17, 15) is 20.2 Å². The molecule has 0 amide bonds. The van der Waals surface area contributed by atoms with Crippen LogP contribution in [0.1, 0.15) is 13.8 Å². The van der Waals surface area contributed by atoms with Crippen molar-refractivity contribution in [2.24, 2.45) is 0 Å². The Bertz CT molecular complexity index is 99.8. The van der Waals surface area contributed by atoms with Gasteiger partial charge in [0.25, 0.3) is 0 Å². The minimum Gasteiger partial charge on any atom is -0.265 e. The molecule has 10 heavy (non-hydrogen) atoms. The van der Waals surface area contributed by atoms with E-state index in [2.05, 4.69) is 0 Å². The van der Waals surface area contributed by atoms with E-state index in [1.165, 1.54) is 13.8 Å². The summed E-state index contributed by atoms with van der Waals surface area (Å²) in [5.41, 5.74) is 0. The fourth-order valence-corrected chi connectivity index (χ4v) is 0. The molecule has 0 atom stereocenters. The lowest BCUT2D eigenvalue weighted by Gasteiger charge is -1.73. The van der Waals surface area contributed by atoms with Crippen molar-refractivity contribution in [3.63, 3.8) is 0 Å². The molecule has 0 aromatic heterocycles. The number of hydrogen-bond acceptors (Lipinski definition) is 4. The van der Waals surface area contributed by atoms with Crippen molar-refractivity contribution in [2.45, 2.75) is 13.8 Å². The highest BCUT2D eigenvalue weighted by molar-refractivity contribution is 4.05. The maximum Gasteiger partial charge on any atom is 0.201 e. The fraction of sp³-hybridized carbons (Fsp3) is 1.00. The van der Waals surface area contributed by atoms with Gasteiger partial charge >= 0.3 is 0 Å². The average Bonchev–Trinajstić information content (AvgIpc) is 1.89. The van der Waals surface area contributed by atoms with Crippen LogP contribution in [0.3, 0.4) is 0 Å². The Morgan fingerprint density at radius 1 is 1.00 bits per heavy atom. The van der Waals surface area contributed by atoms with Gasteiger partial charge in [-0.15, -0.1) is 0 Å². The first-order valence-electron chi connectivity index (χ1n) is 2.78. The molecule has 0 aliphatic carbocycles. The van der Waals surface area contributed by atoms with E-state index >= 15 is 0 Å². The molecular weight excluding hydrogens is 140 g/mol. The third-order valence-corrected chi connectivity index (χ3v) is 0.516. The van der Waals surface area contributed by atoms with Gasteiger partial charge in [-0.1, -0.05) is 0 Å². The van der Waals surface area contributed by atoms with Crippen molar-refractivity contribution in [1.29, 1.82) is 0 Å². The van der Waals surface area contributed by atoms with E-state index in [-0.39, 0.29) is 22.9 Å². The summed E-state index contributed by atoms with van der Waals surface area (Å²) in [6.45, 7) is 3.06. The summed E-state index contributed by atoms with van der Waals surface area (Å²) in [6.07, 6.45) is 0. The van der Waals surface area contributed by atoms with Crippen molar-refractivity contribution in [3.8, 4) is 0 Å². The Balaban J connectivity index is 0. The molecule has 0 saturated heterocycles. The average molecular weight is 150 g/mol. The van der Waals surface area contributed by atoms with Gasteiger partial charge in [0.2, 0.25) is 13.1 Å². The van der Waals surface area contributed by atoms with Gasteiger partial charge in [-0.3, -0.25) is 20.2 Å². The maximum absolute atomic E-state index is 9.17. The van der Waals surface area contributed by atoms with E-state index in [1.54, 1.807) is 0 Å². The third kappa shape index (κ3) is 29.2. The Hall–Kier alpha value is -1.20. The number of nitro groups is 2. The van der Waals surface area contributed by atoms with Gasteiger partial charge in [0.1, 0.15) is 0 Å². The summed E-state index contributed by atoms with van der Waals surface area (Å²) in [7, 11) is 0. The van der Waals surface area contributed by atoms with Crippen LogP contribution in [0.2, 0.25) is 0 Å². The Morgan fingerprint density at radius 2 is 1.10 bits per heavy atom. The molecule has 0 saturated carbocycles.